The van der Waals surface area contributed by atoms with Crippen molar-refractivity contribution in [1.82, 2.24) is 0 Å². The Labute approximate surface area is 200 Å². The molecule has 1 spiro atoms. The van der Waals surface area contributed by atoms with E-state index in [9.17, 15) is 10.0 Å². The van der Waals surface area contributed by atoms with Crippen molar-refractivity contribution < 1.29 is 14.8 Å². The first-order chi connectivity index (χ1) is 16.6. The van der Waals surface area contributed by atoms with Crippen LogP contribution in [-0.4, -0.2) is 23.8 Å². The minimum absolute atomic E-state index is 0.349. The first-order valence-electron chi connectivity index (χ1n) is 12.0. The van der Waals surface area contributed by atoms with Gasteiger partial charge in [0.05, 0.1) is 12.0 Å². The van der Waals surface area contributed by atoms with Crippen LogP contribution in [0.5, 0.6) is 5.75 Å². The molecule has 1 unspecified atom stereocenters. The molecule has 0 aliphatic heterocycles. The molecule has 0 saturated carbocycles. The molecule has 3 nitrogen and oxygen atoms in total. The number of hydrogen-bond acceptors (Lipinski definition) is 3. The van der Waals surface area contributed by atoms with Gasteiger partial charge in [-0.05, 0) is 44.9 Å². The van der Waals surface area contributed by atoms with Gasteiger partial charge in [-0.25, -0.2) is 0 Å². The van der Waals surface area contributed by atoms with Crippen LogP contribution >= 0.6 is 0 Å². The summed E-state index contributed by atoms with van der Waals surface area (Å²) in [6.07, 6.45) is 0.989. The van der Waals surface area contributed by atoms with Crippen LogP contribution in [-0.2, 0) is 5.41 Å². The van der Waals surface area contributed by atoms with Crippen molar-refractivity contribution in [3.8, 4) is 28.0 Å². The lowest BCUT2D eigenvalue weighted by atomic mass is 9.68. The zero-order valence-electron chi connectivity index (χ0n) is 19.5. The topological polar surface area (TPSA) is 49.7 Å². The molecule has 0 fully saturated rings. The van der Waals surface area contributed by atoms with E-state index in [4.69, 9.17) is 4.74 Å². The number of ether oxygens (including phenoxy) is 1. The monoisotopic (exact) mass is 446 g/mol. The summed E-state index contributed by atoms with van der Waals surface area (Å²) in [7, 11) is -1.62. The van der Waals surface area contributed by atoms with Gasteiger partial charge in [0.15, 0.2) is 0 Å². The summed E-state index contributed by atoms with van der Waals surface area (Å²) < 4.78 is 6.52. The fourth-order valence-corrected chi connectivity index (χ4v) is 5.87. The summed E-state index contributed by atoms with van der Waals surface area (Å²) in [6, 6.07) is 29.5. The van der Waals surface area contributed by atoms with Crippen LogP contribution in [0.15, 0.2) is 84.9 Å². The van der Waals surface area contributed by atoms with E-state index in [-0.39, 0.29) is 0 Å². The number of hydrogen-bond donors (Lipinski definition) is 2. The normalized spacial score (nSPS) is 14.8. The SMILES string of the molecule is CCC(C)COc1c(B(O)O)ccc2c1C1(c3ccccc3-c3ccccc31)c1ccccc1-2. The van der Waals surface area contributed by atoms with E-state index in [0.717, 1.165) is 23.1 Å². The van der Waals surface area contributed by atoms with Crippen molar-refractivity contribution in [1.29, 1.82) is 0 Å². The summed E-state index contributed by atoms with van der Waals surface area (Å²) in [5, 5.41) is 20.7. The van der Waals surface area contributed by atoms with E-state index in [0.29, 0.717) is 23.7 Å². The van der Waals surface area contributed by atoms with Crippen LogP contribution in [0.4, 0.5) is 0 Å². The Morgan fingerprint density at radius 1 is 0.735 bits per heavy atom. The lowest BCUT2D eigenvalue weighted by Gasteiger charge is -2.32. The highest BCUT2D eigenvalue weighted by atomic mass is 16.5. The van der Waals surface area contributed by atoms with E-state index in [1.54, 1.807) is 6.07 Å². The molecule has 0 bridgehead atoms. The largest absolute Gasteiger partial charge is 0.493 e. The highest BCUT2D eigenvalue weighted by Crippen LogP contribution is 2.64. The Kier molecular flexibility index (Phi) is 4.91. The first-order valence-corrected chi connectivity index (χ1v) is 12.0. The fourth-order valence-electron chi connectivity index (χ4n) is 5.87. The van der Waals surface area contributed by atoms with Crippen LogP contribution < -0.4 is 10.2 Å². The second-order valence-corrected chi connectivity index (χ2v) is 9.49. The van der Waals surface area contributed by atoms with Gasteiger partial charge in [0, 0.05) is 11.0 Å². The van der Waals surface area contributed by atoms with Gasteiger partial charge in [0.2, 0.25) is 0 Å². The zero-order valence-corrected chi connectivity index (χ0v) is 19.5. The number of benzene rings is 4. The van der Waals surface area contributed by atoms with Gasteiger partial charge < -0.3 is 14.8 Å². The van der Waals surface area contributed by atoms with Crippen LogP contribution in [0.1, 0.15) is 42.5 Å². The van der Waals surface area contributed by atoms with Crippen LogP contribution in [0, 0.1) is 5.92 Å². The summed E-state index contributed by atoms with van der Waals surface area (Å²) in [6.45, 7) is 4.82. The van der Waals surface area contributed by atoms with Gasteiger partial charge in [-0.1, -0.05) is 105 Å². The summed E-state index contributed by atoms with van der Waals surface area (Å²) in [5.41, 5.74) is 9.15. The van der Waals surface area contributed by atoms with E-state index in [1.165, 1.54) is 27.8 Å². The zero-order chi connectivity index (χ0) is 23.4. The molecule has 4 aromatic rings. The molecular weight excluding hydrogens is 419 g/mol. The fraction of sp³-hybridized carbons (Fsp3) is 0.200. The molecule has 1 atom stereocenters. The van der Waals surface area contributed by atoms with Gasteiger partial charge in [-0.15, -0.1) is 0 Å². The quantitative estimate of drug-likeness (QED) is 0.361. The third-order valence-corrected chi connectivity index (χ3v) is 7.62. The van der Waals surface area contributed by atoms with Gasteiger partial charge in [0.25, 0.3) is 0 Å². The molecule has 168 valence electrons. The van der Waals surface area contributed by atoms with Gasteiger partial charge in [0.1, 0.15) is 5.75 Å². The Hall–Kier alpha value is -3.34. The molecular formula is C30H27BO3. The predicted octanol–water partition coefficient (Wildman–Crippen LogP) is 5.13. The maximum Gasteiger partial charge on any atom is 0.492 e. The maximum atomic E-state index is 10.4. The minimum Gasteiger partial charge on any atom is -0.493 e. The average Bonchev–Trinajstić information content (AvgIpc) is 3.34. The second-order valence-electron chi connectivity index (χ2n) is 9.49. The van der Waals surface area contributed by atoms with Crippen molar-refractivity contribution in [2.24, 2.45) is 5.92 Å². The molecule has 0 radical (unpaired) electrons. The molecule has 0 amide bonds. The molecule has 2 aliphatic carbocycles. The lowest BCUT2D eigenvalue weighted by Crippen LogP contribution is -2.35. The molecule has 6 rings (SSSR count). The van der Waals surface area contributed by atoms with Crippen molar-refractivity contribution in [2.45, 2.75) is 25.7 Å². The summed E-state index contributed by atoms with van der Waals surface area (Å²) in [4.78, 5) is 0. The molecule has 4 aromatic carbocycles. The van der Waals surface area contributed by atoms with Crippen LogP contribution in [0.3, 0.4) is 0 Å². The summed E-state index contributed by atoms with van der Waals surface area (Å²) >= 11 is 0. The van der Waals surface area contributed by atoms with Crippen molar-refractivity contribution >= 4 is 12.6 Å². The smallest absolute Gasteiger partial charge is 0.492 e. The molecule has 2 N–H and O–H groups in total. The highest BCUT2D eigenvalue weighted by molar-refractivity contribution is 6.60. The van der Waals surface area contributed by atoms with Crippen LogP contribution in [0.2, 0.25) is 0 Å². The van der Waals surface area contributed by atoms with E-state index in [1.807, 2.05) is 6.07 Å². The maximum absolute atomic E-state index is 10.4. The minimum atomic E-state index is -1.62. The number of rotatable bonds is 5. The van der Waals surface area contributed by atoms with E-state index >= 15 is 0 Å². The summed E-state index contributed by atoms with van der Waals surface area (Å²) in [5.74, 6) is 0.943. The van der Waals surface area contributed by atoms with Gasteiger partial charge in [-0.3, -0.25) is 0 Å². The Balaban J connectivity index is 1.76. The average molecular weight is 446 g/mol. The Morgan fingerprint density at radius 3 is 1.74 bits per heavy atom. The van der Waals surface area contributed by atoms with Crippen molar-refractivity contribution in [2.75, 3.05) is 6.61 Å². The second kappa shape index (κ2) is 7.87. The highest BCUT2D eigenvalue weighted by Gasteiger charge is 2.53. The molecule has 34 heavy (non-hydrogen) atoms. The third kappa shape index (κ3) is 2.73. The molecule has 0 heterocycles. The molecule has 4 heteroatoms. The van der Waals surface area contributed by atoms with Crippen LogP contribution in [0.25, 0.3) is 22.3 Å². The van der Waals surface area contributed by atoms with Crippen molar-refractivity contribution in [3.63, 3.8) is 0 Å². The van der Waals surface area contributed by atoms with Gasteiger partial charge in [-0.2, -0.15) is 0 Å². The van der Waals surface area contributed by atoms with Crippen molar-refractivity contribution in [3.05, 3.63) is 107 Å². The number of fused-ring (bicyclic) bond motifs is 10. The molecule has 0 aromatic heterocycles. The first kappa shape index (κ1) is 21.2. The lowest BCUT2D eigenvalue weighted by molar-refractivity contribution is 0.254. The Bertz CT molecular complexity index is 1340. The third-order valence-electron chi connectivity index (χ3n) is 7.62. The predicted molar refractivity (Wildman–Crippen MR) is 138 cm³/mol. The van der Waals surface area contributed by atoms with Gasteiger partial charge >= 0.3 is 7.12 Å². The molecule has 2 aliphatic rings. The standard InChI is InChI=1S/C30H27BO3/c1-3-19(2)18-34-29-27(31(32)33)17-16-23-22-12-6-9-15-26(22)30(28(23)29)24-13-7-4-10-20(24)21-11-5-8-14-25(21)30/h4-17,19,32-33H,3,18H2,1-2H3. The van der Waals surface area contributed by atoms with E-state index < -0.39 is 12.5 Å². The van der Waals surface area contributed by atoms with E-state index in [2.05, 4.69) is 86.6 Å². The molecule has 0 saturated heterocycles. The Morgan fingerprint density at radius 2 is 1.24 bits per heavy atom.